The SMILES string of the molecule is c1ccc(N(c2ccc3c(c2)oc2ccccc23)c2c(-c3cccc4ccccc34)c3ccccc3c3ccccc23)c(-c2ccc3c(c2)oc2ccccc23)c1. The van der Waals surface area contributed by atoms with Crippen molar-refractivity contribution in [2.75, 3.05) is 4.90 Å². The van der Waals surface area contributed by atoms with Crippen LogP contribution in [-0.2, 0) is 0 Å². The van der Waals surface area contributed by atoms with Crippen molar-refractivity contribution in [3.05, 3.63) is 200 Å². The minimum atomic E-state index is 0.844. The van der Waals surface area contributed by atoms with Gasteiger partial charge in [-0.1, -0.05) is 152 Å². The maximum absolute atomic E-state index is 6.60. The molecule has 3 heteroatoms. The van der Waals surface area contributed by atoms with Crippen LogP contribution in [0.5, 0.6) is 0 Å². The smallest absolute Gasteiger partial charge is 0.137 e. The van der Waals surface area contributed by atoms with Gasteiger partial charge in [-0.15, -0.1) is 0 Å². The zero-order valence-corrected chi connectivity index (χ0v) is 30.8. The van der Waals surface area contributed by atoms with Crippen molar-refractivity contribution in [2.45, 2.75) is 0 Å². The van der Waals surface area contributed by atoms with Gasteiger partial charge in [0.15, 0.2) is 0 Å². The summed E-state index contributed by atoms with van der Waals surface area (Å²) < 4.78 is 13.1. The van der Waals surface area contributed by atoms with Crippen LogP contribution < -0.4 is 4.90 Å². The predicted molar refractivity (Wildman–Crippen MR) is 239 cm³/mol. The topological polar surface area (TPSA) is 29.5 Å². The number of hydrogen-bond acceptors (Lipinski definition) is 3. The zero-order chi connectivity index (χ0) is 37.5. The highest BCUT2D eigenvalue weighted by Crippen LogP contribution is 2.52. The van der Waals surface area contributed by atoms with E-state index in [1.54, 1.807) is 0 Å². The number of nitrogens with zero attached hydrogens (tertiary/aromatic N) is 1. The molecule has 0 radical (unpaired) electrons. The van der Waals surface area contributed by atoms with Crippen LogP contribution in [-0.4, -0.2) is 0 Å². The van der Waals surface area contributed by atoms with Crippen LogP contribution in [0.4, 0.5) is 17.1 Å². The summed E-state index contributed by atoms with van der Waals surface area (Å²) in [7, 11) is 0. The van der Waals surface area contributed by atoms with Gasteiger partial charge in [-0.25, -0.2) is 0 Å². The molecule has 0 saturated heterocycles. The van der Waals surface area contributed by atoms with Crippen LogP contribution in [0, 0.1) is 0 Å². The minimum Gasteiger partial charge on any atom is -0.456 e. The van der Waals surface area contributed by atoms with Gasteiger partial charge in [0.2, 0.25) is 0 Å². The summed E-state index contributed by atoms with van der Waals surface area (Å²) in [4.78, 5) is 2.47. The third kappa shape index (κ3) is 4.86. The van der Waals surface area contributed by atoms with Crippen molar-refractivity contribution in [3.8, 4) is 22.3 Å². The molecule has 0 unspecified atom stereocenters. The van der Waals surface area contributed by atoms with Gasteiger partial charge in [-0.2, -0.15) is 0 Å². The minimum absolute atomic E-state index is 0.844. The fourth-order valence-corrected chi connectivity index (χ4v) is 9.12. The highest BCUT2D eigenvalue weighted by molar-refractivity contribution is 6.25. The van der Waals surface area contributed by atoms with E-state index in [0.717, 1.165) is 77.5 Å². The van der Waals surface area contributed by atoms with E-state index >= 15 is 0 Å². The molecule has 0 N–H and O–H groups in total. The Kier molecular flexibility index (Phi) is 6.93. The summed E-state index contributed by atoms with van der Waals surface area (Å²) in [6.07, 6.45) is 0. The molecular weight excluding hydrogens is 695 g/mol. The van der Waals surface area contributed by atoms with Gasteiger partial charge in [0.05, 0.1) is 11.4 Å². The van der Waals surface area contributed by atoms with E-state index in [-0.39, 0.29) is 0 Å². The monoisotopic (exact) mass is 727 g/mol. The summed E-state index contributed by atoms with van der Waals surface area (Å²) in [6, 6.07) is 71.7. The lowest BCUT2D eigenvalue weighted by Gasteiger charge is -2.32. The first-order chi connectivity index (χ1) is 28.3. The zero-order valence-electron chi connectivity index (χ0n) is 30.8. The van der Waals surface area contributed by atoms with Crippen LogP contribution in [0.3, 0.4) is 0 Å². The van der Waals surface area contributed by atoms with Gasteiger partial charge < -0.3 is 13.7 Å². The van der Waals surface area contributed by atoms with Crippen LogP contribution >= 0.6 is 0 Å². The number of anilines is 3. The van der Waals surface area contributed by atoms with E-state index in [2.05, 4.69) is 181 Å². The molecule has 2 heterocycles. The number of rotatable bonds is 5. The first kappa shape index (κ1) is 31.7. The number of furan rings is 2. The van der Waals surface area contributed by atoms with E-state index in [0.29, 0.717) is 0 Å². The van der Waals surface area contributed by atoms with Gasteiger partial charge in [-0.3, -0.25) is 0 Å². The van der Waals surface area contributed by atoms with Crippen molar-refractivity contribution in [2.24, 2.45) is 0 Å². The average Bonchev–Trinajstić information content (AvgIpc) is 3.84. The van der Waals surface area contributed by atoms with E-state index in [1.807, 2.05) is 24.3 Å². The third-order valence-corrected chi connectivity index (χ3v) is 11.6. The number of fused-ring (bicyclic) bond motifs is 10. The second-order valence-corrected chi connectivity index (χ2v) is 14.8. The second kappa shape index (κ2) is 12.5. The lowest BCUT2D eigenvalue weighted by molar-refractivity contribution is 0.668. The highest BCUT2D eigenvalue weighted by Gasteiger charge is 2.27. The molecule has 10 aromatic carbocycles. The molecule has 0 saturated carbocycles. The summed E-state index contributed by atoms with van der Waals surface area (Å²) in [5, 5.41) is 11.6. The molecule has 0 aliphatic carbocycles. The van der Waals surface area contributed by atoms with Crippen molar-refractivity contribution < 1.29 is 8.83 Å². The van der Waals surface area contributed by atoms with Crippen molar-refractivity contribution in [1.29, 1.82) is 0 Å². The molecule has 12 aromatic rings. The fraction of sp³-hybridized carbons (Fsp3) is 0. The first-order valence-electron chi connectivity index (χ1n) is 19.4. The molecule has 0 aliphatic rings. The largest absolute Gasteiger partial charge is 0.456 e. The normalized spacial score (nSPS) is 11.9. The van der Waals surface area contributed by atoms with Gasteiger partial charge in [0.1, 0.15) is 22.3 Å². The van der Waals surface area contributed by atoms with Crippen molar-refractivity contribution >= 4 is 93.3 Å². The Hall–Kier alpha value is -7.62. The van der Waals surface area contributed by atoms with Crippen LogP contribution in [0.15, 0.2) is 209 Å². The van der Waals surface area contributed by atoms with Gasteiger partial charge >= 0.3 is 0 Å². The molecule has 0 aliphatic heterocycles. The molecular formula is C54H33NO2. The maximum Gasteiger partial charge on any atom is 0.137 e. The quantitative estimate of drug-likeness (QED) is 0.165. The van der Waals surface area contributed by atoms with Crippen LogP contribution in [0.2, 0.25) is 0 Å². The van der Waals surface area contributed by atoms with Crippen molar-refractivity contribution in [3.63, 3.8) is 0 Å². The third-order valence-electron chi connectivity index (χ3n) is 11.6. The number of hydrogen-bond donors (Lipinski definition) is 0. The molecule has 0 fully saturated rings. The molecule has 0 spiro atoms. The van der Waals surface area contributed by atoms with E-state index in [4.69, 9.17) is 8.83 Å². The molecule has 0 bridgehead atoms. The molecule has 0 amide bonds. The van der Waals surface area contributed by atoms with Gasteiger partial charge in [0.25, 0.3) is 0 Å². The van der Waals surface area contributed by atoms with Crippen molar-refractivity contribution in [1.82, 2.24) is 0 Å². The van der Waals surface area contributed by atoms with E-state index < -0.39 is 0 Å². The first-order valence-corrected chi connectivity index (χ1v) is 19.4. The lowest BCUT2D eigenvalue weighted by atomic mass is 9.87. The Morgan fingerprint density at radius 1 is 0.316 bits per heavy atom. The van der Waals surface area contributed by atoms with E-state index in [9.17, 15) is 0 Å². The fourth-order valence-electron chi connectivity index (χ4n) is 9.12. The Morgan fingerprint density at radius 2 is 0.825 bits per heavy atom. The molecule has 3 nitrogen and oxygen atoms in total. The molecule has 0 atom stereocenters. The van der Waals surface area contributed by atoms with Crippen LogP contribution in [0.25, 0.3) is 98.4 Å². The van der Waals surface area contributed by atoms with E-state index in [1.165, 1.54) is 38.1 Å². The number of para-hydroxylation sites is 3. The average molecular weight is 728 g/mol. The molecule has 2 aromatic heterocycles. The standard InChI is InChI=1S/C54H33NO2/c1-2-16-37-34(14-1)15-13-24-45(37)53-46-22-5-3-18-39(46)40-19-4-6-23-47(40)54(53)55(36-29-31-44-42-21-9-12-27-50(42)57-52(44)33-36)48-25-10-7-17-38(48)35-28-30-43-41-20-8-11-26-49(41)56-51(43)32-35/h1-33H. The van der Waals surface area contributed by atoms with Gasteiger partial charge in [-0.05, 0) is 80.5 Å². The predicted octanol–water partition coefficient (Wildman–Crippen LogP) is 15.7. The van der Waals surface area contributed by atoms with Crippen LogP contribution in [0.1, 0.15) is 0 Å². The molecule has 12 rings (SSSR count). The Morgan fingerprint density at radius 3 is 1.58 bits per heavy atom. The number of benzene rings is 10. The summed E-state index contributed by atoms with van der Waals surface area (Å²) in [5.41, 5.74) is 11.1. The maximum atomic E-state index is 6.60. The second-order valence-electron chi connectivity index (χ2n) is 14.8. The Labute approximate surface area is 328 Å². The molecule has 266 valence electrons. The Balaban J connectivity index is 1.22. The summed E-state index contributed by atoms with van der Waals surface area (Å²) in [6.45, 7) is 0. The Bertz CT molecular complexity index is 3550. The lowest BCUT2D eigenvalue weighted by Crippen LogP contribution is -2.13. The molecule has 57 heavy (non-hydrogen) atoms. The highest BCUT2D eigenvalue weighted by atomic mass is 16.3. The summed E-state index contributed by atoms with van der Waals surface area (Å²) >= 11 is 0. The summed E-state index contributed by atoms with van der Waals surface area (Å²) in [5.74, 6) is 0. The van der Waals surface area contributed by atoms with Gasteiger partial charge in [0, 0.05) is 49.8 Å².